The lowest BCUT2D eigenvalue weighted by atomic mass is 10.1. The Bertz CT molecular complexity index is 547. The Morgan fingerprint density at radius 2 is 2.22 bits per heavy atom. The van der Waals surface area contributed by atoms with Gasteiger partial charge in [-0.3, -0.25) is 9.59 Å². The predicted octanol–water partition coefficient (Wildman–Crippen LogP) is 0.991. The van der Waals surface area contributed by atoms with Crippen LogP contribution in [-0.4, -0.2) is 56.7 Å². The molecule has 2 amide bonds. The first-order valence-corrected chi connectivity index (χ1v) is 7.81. The van der Waals surface area contributed by atoms with Crippen molar-refractivity contribution >= 4 is 11.8 Å². The third-order valence-electron chi connectivity index (χ3n) is 3.92. The van der Waals surface area contributed by atoms with E-state index in [1.807, 2.05) is 24.3 Å². The van der Waals surface area contributed by atoms with Crippen molar-refractivity contribution in [2.24, 2.45) is 0 Å². The first kappa shape index (κ1) is 17.3. The number of methoxy groups -OCH3 is 2. The van der Waals surface area contributed by atoms with Crippen LogP contribution in [0.15, 0.2) is 24.3 Å². The molecule has 1 aliphatic rings. The molecule has 1 N–H and O–H groups in total. The summed E-state index contributed by atoms with van der Waals surface area (Å²) < 4.78 is 10.2. The van der Waals surface area contributed by atoms with Gasteiger partial charge >= 0.3 is 0 Å². The average molecular weight is 320 g/mol. The van der Waals surface area contributed by atoms with Gasteiger partial charge in [-0.2, -0.15) is 0 Å². The van der Waals surface area contributed by atoms with E-state index in [2.05, 4.69) is 5.32 Å². The van der Waals surface area contributed by atoms with Crippen LogP contribution in [-0.2, 0) is 20.7 Å². The van der Waals surface area contributed by atoms with Crippen LogP contribution in [0.3, 0.4) is 0 Å². The normalized spacial score (nSPS) is 17.4. The van der Waals surface area contributed by atoms with E-state index in [-0.39, 0.29) is 17.9 Å². The van der Waals surface area contributed by atoms with Crippen molar-refractivity contribution in [1.82, 2.24) is 10.2 Å². The zero-order valence-electron chi connectivity index (χ0n) is 13.7. The van der Waals surface area contributed by atoms with Crippen molar-refractivity contribution in [2.45, 2.75) is 25.3 Å². The van der Waals surface area contributed by atoms with Crippen LogP contribution in [0.5, 0.6) is 5.75 Å². The molecule has 126 valence electrons. The fourth-order valence-electron chi connectivity index (χ4n) is 2.67. The van der Waals surface area contributed by atoms with Crippen molar-refractivity contribution in [3.05, 3.63) is 29.8 Å². The van der Waals surface area contributed by atoms with Crippen molar-refractivity contribution in [2.75, 3.05) is 33.9 Å². The number of hydrogen-bond acceptors (Lipinski definition) is 4. The van der Waals surface area contributed by atoms with Gasteiger partial charge in [0.1, 0.15) is 5.75 Å². The molecule has 0 radical (unpaired) electrons. The molecule has 0 bridgehead atoms. The van der Waals surface area contributed by atoms with Crippen LogP contribution >= 0.6 is 0 Å². The Morgan fingerprint density at radius 3 is 2.96 bits per heavy atom. The maximum Gasteiger partial charge on any atom is 0.224 e. The number of carbonyl (C=O) groups is 2. The van der Waals surface area contributed by atoms with Crippen LogP contribution in [0.1, 0.15) is 18.4 Å². The predicted molar refractivity (Wildman–Crippen MR) is 86.3 cm³/mol. The number of likely N-dealkylation sites (tertiary alicyclic amines) is 1. The molecule has 1 aliphatic heterocycles. The largest absolute Gasteiger partial charge is 0.497 e. The van der Waals surface area contributed by atoms with E-state index in [0.29, 0.717) is 39.0 Å². The standard InChI is InChI=1S/C17H24N2O4/c1-22-9-8-19-12-14(11-17(19)21)18-16(20)7-6-13-4-3-5-15(10-13)23-2/h3-5,10,14H,6-9,11-12H2,1-2H3,(H,18,20). The Hall–Kier alpha value is -2.08. The van der Waals surface area contributed by atoms with Gasteiger partial charge in [0.25, 0.3) is 0 Å². The van der Waals surface area contributed by atoms with Gasteiger partial charge in [-0.15, -0.1) is 0 Å². The number of aryl methyl sites for hydroxylation is 1. The number of rotatable bonds is 8. The number of amides is 2. The van der Waals surface area contributed by atoms with Crippen LogP contribution < -0.4 is 10.1 Å². The van der Waals surface area contributed by atoms with Gasteiger partial charge < -0.3 is 19.7 Å². The molecule has 1 atom stereocenters. The van der Waals surface area contributed by atoms with E-state index in [1.165, 1.54) is 0 Å². The molecule has 1 aromatic carbocycles. The number of nitrogens with one attached hydrogen (secondary N) is 1. The summed E-state index contributed by atoms with van der Waals surface area (Å²) in [6.07, 6.45) is 1.42. The van der Waals surface area contributed by atoms with E-state index in [4.69, 9.17) is 9.47 Å². The van der Waals surface area contributed by atoms with Gasteiger partial charge in [-0.05, 0) is 24.1 Å². The summed E-state index contributed by atoms with van der Waals surface area (Å²) >= 11 is 0. The minimum Gasteiger partial charge on any atom is -0.497 e. The van der Waals surface area contributed by atoms with Gasteiger partial charge in [0, 0.05) is 33.0 Å². The van der Waals surface area contributed by atoms with Gasteiger partial charge in [-0.1, -0.05) is 12.1 Å². The van der Waals surface area contributed by atoms with Crippen molar-refractivity contribution in [3.63, 3.8) is 0 Å². The lowest BCUT2D eigenvalue weighted by Gasteiger charge is -2.16. The lowest BCUT2D eigenvalue weighted by molar-refractivity contribution is -0.128. The fraction of sp³-hybridized carbons (Fsp3) is 0.529. The molecular weight excluding hydrogens is 296 g/mol. The monoisotopic (exact) mass is 320 g/mol. The van der Waals surface area contributed by atoms with Crippen molar-refractivity contribution < 1.29 is 19.1 Å². The van der Waals surface area contributed by atoms with Gasteiger partial charge in [0.05, 0.1) is 19.8 Å². The lowest BCUT2D eigenvalue weighted by Crippen LogP contribution is -2.37. The zero-order chi connectivity index (χ0) is 16.7. The SMILES string of the molecule is COCCN1CC(NC(=O)CCc2cccc(OC)c2)CC1=O. The summed E-state index contributed by atoms with van der Waals surface area (Å²) in [6.45, 7) is 1.65. The third kappa shape index (κ3) is 5.25. The van der Waals surface area contributed by atoms with Crippen molar-refractivity contribution in [3.8, 4) is 5.75 Å². The average Bonchev–Trinajstić information content (AvgIpc) is 2.90. The van der Waals surface area contributed by atoms with E-state index in [1.54, 1.807) is 19.1 Å². The smallest absolute Gasteiger partial charge is 0.224 e. The van der Waals surface area contributed by atoms with Gasteiger partial charge in [-0.25, -0.2) is 0 Å². The summed E-state index contributed by atoms with van der Waals surface area (Å²) in [5, 5.41) is 2.94. The molecule has 6 heteroatoms. The number of nitrogens with zero attached hydrogens (tertiary/aromatic N) is 1. The highest BCUT2D eigenvalue weighted by molar-refractivity contribution is 5.82. The first-order chi connectivity index (χ1) is 11.1. The fourth-order valence-corrected chi connectivity index (χ4v) is 2.67. The number of carbonyl (C=O) groups excluding carboxylic acids is 2. The number of benzene rings is 1. The second-order valence-electron chi connectivity index (χ2n) is 5.65. The molecule has 6 nitrogen and oxygen atoms in total. The number of ether oxygens (including phenoxy) is 2. The quantitative estimate of drug-likeness (QED) is 0.776. The molecule has 0 saturated carbocycles. The van der Waals surface area contributed by atoms with Crippen LogP contribution in [0.25, 0.3) is 0 Å². The Kier molecular flexibility index (Phi) is 6.40. The van der Waals surface area contributed by atoms with Crippen molar-refractivity contribution in [1.29, 1.82) is 0 Å². The Balaban J connectivity index is 1.75. The van der Waals surface area contributed by atoms with E-state index in [0.717, 1.165) is 11.3 Å². The maximum atomic E-state index is 12.1. The minimum absolute atomic E-state index is 0.0285. The van der Waals surface area contributed by atoms with Gasteiger partial charge in [0.15, 0.2) is 0 Å². The topological polar surface area (TPSA) is 67.9 Å². The van der Waals surface area contributed by atoms with Crippen LogP contribution in [0.4, 0.5) is 0 Å². The molecule has 23 heavy (non-hydrogen) atoms. The van der Waals surface area contributed by atoms with Crippen LogP contribution in [0.2, 0.25) is 0 Å². The second kappa shape index (κ2) is 8.53. The highest BCUT2D eigenvalue weighted by Crippen LogP contribution is 2.14. The highest BCUT2D eigenvalue weighted by Gasteiger charge is 2.29. The van der Waals surface area contributed by atoms with E-state index < -0.39 is 0 Å². The van der Waals surface area contributed by atoms with E-state index >= 15 is 0 Å². The summed E-state index contributed by atoms with van der Waals surface area (Å²) in [5.74, 6) is 0.831. The first-order valence-electron chi connectivity index (χ1n) is 7.81. The summed E-state index contributed by atoms with van der Waals surface area (Å²) in [4.78, 5) is 25.6. The summed E-state index contributed by atoms with van der Waals surface area (Å²) in [5.41, 5.74) is 1.06. The van der Waals surface area contributed by atoms with Crippen LogP contribution in [0, 0.1) is 0 Å². The molecule has 1 unspecified atom stereocenters. The Labute approximate surface area is 136 Å². The number of hydrogen-bond donors (Lipinski definition) is 1. The molecule has 1 heterocycles. The molecule has 0 aromatic heterocycles. The second-order valence-corrected chi connectivity index (χ2v) is 5.65. The molecule has 2 rings (SSSR count). The molecule has 0 spiro atoms. The van der Waals surface area contributed by atoms with Gasteiger partial charge in [0.2, 0.25) is 11.8 Å². The molecule has 1 aromatic rings. The minimum atomic E-state index is -0.0998. The molecule has 1 saturated heterocycles. The zero-order valence-corrected chi connectivity index (χ0v) is 13.7. The summed E-state index contributed by atoms with van der Waals surface area (Å²) in [6, 6.07) is 7.59. The Morgan fingerprint density at radius 1 is 1.39 bits per heavy atom. The van der Waals surface area contributed by atoms with E-state index in [9.17, 15) is 9.59 Å². The molecule has 0 aliphatic carbocycles. The maximum absolute atomic E-state index is 12.1. The third-order valence-corrected chi connectivity index (χ3v) is 3.92. The molecule has 1 fully saturated rings. The summed E-state index contributed by atoms with van der Waals surface area (Å²) in [7, 11) is 3.23. The molecular formula is C17H24N2O4. The highest BCUT2D eigenvalue weighted by atomic mass is 16.5.